The lowest BCUT2D eigenvalue weighted by Crippen LogP contribution is -2.27. The summed E-state index contributed by atoms with van der Waals surface area (Å²) in [4.78, 5) is 14.9. The zero-order valence-corrected chi connectivity index (χ0v) is 16.3. The minimum atomic E-state index is -0.208. The first-order valence-corrected chi connectivity index (χ1v) is 10.1. The predicted octanol–water partition coefficient (Wildman–Crippen LogP) is 2.81. The monoisotopic (exact) mass is 388 g/mol. The van der Waals surface area contributed by atoms with Crippen molar-refractivity contribution in [1.82, 2.24) is 15.8 Å². The number of para-hydroxylation sites is 1. The molecule has 2 aromatic carbocycles. The number of rotatable bonds is 5. The Morgan fingerprint density at radius 3 is 2.83 bits per heavy atom. The average molecular weight is 388 g/mol. The standard InChI is InChI=1S/C23H24N4O2/c28-23(22-19-14-24-11-9-20(19)26-29-22)25-13-16-5-7-17(8-6-16)15-27-12-10-18-3-1-2-4-21(18)27/h1-8,24H,9-15H2,(H,25,28). The van der Waals surface area contributed by atoms with Gasteiger partial charge in [0.2, 0.25) is 5.76 Å². The van der Waals surface area contributed by atoms with Crippen molar-refractivity contribution in [2.45, 2.75) is 32.5 Å². The van der Waals surface area contributed by atoms with Crippen molar-refractivity contribution in [3.05, 3.63) is 82.2 Å². The molecule has 0 spiro atoms. The molecule has 3 heterocycles. The van der Waals surface area contributed by atoms with Crippen molar-refractivity contribution in [2.75, 3.05) is 18.0 Å². The van der Waals surface area contributed by atoms with Crippen molar-refractivity contribution >= 4 is 11.6 Å². The number of carbonyl (C=O) groups is 1. The van der Waals surface area contributed by atoms with E-state index in [4.69, 9.17) is 4.52 Å². The minimum absolute atomic E-state index is 0.208. The van der Waals surface area contributed by atoms with Gasteiger partial charge in [-0.15, -0.1) is 0 Å². The van der Waals surface area contributed by atoms with Gasteiger partial charge in [-0.1, -0.05) is 47.6 Å². The van der Waals surface area contributed by atoms with Crippen molar-refractivity contribution in [3.8, 4) is 0 Å². The highest BCUT2D eigenvalue weighted by atomic mass is 16.5. The summed E-state index contributed by atoms with van der Waals surface area (Å²) >= 11 is 0. The van der Waals surface area contributed by atoms with Crippen molar-refractivity contribution in [2.24, 2.45) is 0 Å². The van der Waals surface area contributed by atoms with Crippen LogP contribution in [0.3, 0.4) is 0 Å². The van der Waals surface area contributed by atoms with Gasteiger partial charge in [0.25, 0.3) is 5.91 Å². The van der Waals surface area contributed by atoms with E-state index in [1.165, 1.54) is 16.8 Å². The van der Waals surface area contributed by atoms with Crippen LogP contribution in [-0.2, 0) is 32.5 Å². The fraction of sp³-hybridized carbons (Fsp3) is 0.304. The SMILES string of the molecule is O=C(NCc1ccc(CN2CCc3ccccc32)cc1)c1onc2c1CNCC2. The van der Waals surface area contributed by atoms with Crippen LogP contribution in [0.15, 0.2) is 53.1 Å². The molecule has 1 aromatic heterocycles. The molecule has 0 atom stereocenters. The maximum absolute atomic E-state index is 12.5. The lowest BCUT2D eigenvalue weighted by atomic mass is 10.1. The summed E-state index contributed by atoms with van der Waals surface area (Å²) in [5.41, 5.74) is 6.88. The van der Waals surface area contributed by atoms with Crippen LogP contribution in [0.5, 0.6) is 0 Å². The van der Waals surface area contributed by atoms with Gasteiger partial charge in [-0.05, 0) is 29.2 Å². The van der Waals surface area contributed by atoms with E-state index >= 15 is 0 Å². The summed E-state index contributed by atoms with van der Waals surface area (Å²) in [5.74, 6) is 0.122. The molecule has 5 rings (SSSR count). The molecule has 2 aliphatic rings. The highest BCUT2D eigenvalue weighted by Crippen LogP contribution is 2.28. The Bertz CT molecular complexity index is 1030. The van der Waals surface area contributed by atoms with Gasteiger partial charge < -0.3 is 20.1 Å². The van der Waals surface area contributed by atoms with Crippen LogP contribution < -0.4 is 15.5 Å². The van der Waals surface area contributed by atoms with Gasteiger partial charge >= 0.3 is 0 Å². The molecule has 3 aromatic rings. The average Bonchev–Trinajstić information content (AvgIpc) is 3.38. The van der Waals surface area contributed by atoms with E-state index in [1.807, 2.05) is 0 Å². The first kappa shape index (κ1) is 17.9. The summed E-state index contributed by atoms with van der Waals surface area (Å²) in [6, 6.07) is 17.1. The largest absolute Gasteiger partial charge is 0.367 e. The van der Waals surface area contributed by atoms with Gasteiger partial charge in [0.1, 0.15) is 0 Å². The topological polar surface area (TPSA) is 70.4 Å². The Balaban J connectivity index is 1.19. The number of fused-ring (bicyclic) bond motifs is 2. The van der Waals surface area contributed by atoms with E-state index in [-0.39, 0.29) is 5.91 Å². The second kappa shape index (κ2) is 7.72. The molecule has 0 saturated carbocycles. The number of carbonyl (C=O) groups excluding carboxylic acids is 1. The van der Waals surface area contributed by atoms with Crippen LogP contribution in [-0.4, -0.2) is 24.2 Å². The predicted molar refractivity (Wildman–Crippen MR) is 111 cm³/mol. The minimum Gasteiger partial charge on any atom is -0.367 e. The third kappa shape index (κ3) is 3.63. The second-order valence-electron chi connectivity index (χ2n) is 7.66. The molecule has 0 fully saturated rings. The summed E-state index contributed by atoms with van der Waals surface area (Å²) < 4.78 is 5.28. The lowest BCUT2D eigenvalue weighted by Gasteiger charge is -2.19. The zero-order chi connectivity index (χ0) is 19.6. The molecule has 0 bridgehead atoms. The molecule has 148 valence electrons. The summed E-state index contributed by atoms with van der Waals surface area (Å²) in [6.07, 6.45) is 1.91. The number of hydrogen-bond acceptors (Lipinski definition) is 5. The van der Waals surface area contributed by atoms with Crippen LogP contribution >= 0.6 is 0 Å². The van der Waals surface area contributed by atoms with E-state index in [9.17, 15) is 4.79 Å². The highest BCUT2D eigenvalue weighted by Gasteiger charge is 2.24. The molecule has 6 nitrogen and oxygen atoms in total. The van der Waals surface area contributed by atoms with Crippen LogP contribution in [0.2, 0.25) is 0 Å². The second-order valence-corrected chi connectivity index (χ2v) is 7.66. The number of amides is 1. The first-order valence-electron chi connectivity index (χ1n) is 10.1. The van der Waals surface area contributed by atoms with Crippen LogP contribution in [0.1, 0.15) is 38.5 Å². The van der Waals surface area contributed by atoms with Gasteiger partial charge in [0.05, 0.1) is 5.69 Å². The Kier molecular flexibility index (Phi) is 4.77. The van der Waals surface area contributed by atoms with E-state index in [0.29, 0.717) is 18.8 Å². The maximum Gasteiger partial charge on any atom is 0.290 e. The highest BCUT2D eigenvalue weighted by molar-refractivity contribution is 5.93. The Labute approximate surface area is 169 Å². The van der Waals surface area contributed by atoms with E-state index in [1.54, 1.807) is 0 Å². The first-order chi connectivity index (χ1) is 14.3. The molecule has 0 radical (unpaired) electrons. The van der Waals surface area contributed by atoms with Crippen molar-refractivity contribution < 1.29 is 9.32 Å². The maximum atomic E-state index is 12.5. The molecule has 6 heteroatoms. The molecule has 0 saturated heterocycles. The molecule has 0 aliphatic carbocycles. The Morgan fingerprint density at radius 2 is 1.93 bits per heavy atom. The molecular weight excluding hydrogens is 364 g/mol. The number of anilines is 1. The third-order valence-corrected chi connectivity index (χ3v) is 5.75. The number of benzene rings is 2. The number of aromatic nitrogens is 1. The third-order valence-electron chi connectivity index (χ3n) is 5.75. The van der Waals surface area contributed by atoms with Gasteiger partial charge in [-0.3, -0.25) is 4.79 Å². The quantitative estimate of drug-likeness (QED) is 0.703. The van der Waals surface area contributed by atoms with Crippen LogP contribution in [0.4, 0.5) is 5.69 Å². The zero-order valence-electron chi connectivity index (χ0n) is 16.3. The molecule has 0 unspecified atom stereocenters. The lowest BCUT2D eigenvalue weighted by molar-refractivity contribution is 0.0912. The smallest absolute Gasteiger partial charge is 0.290 e. The Morgan fingerprint density at radius 1 is 1.10 bits per heavy atom. The van der Waals surface area contributed by atoms with Gasteiger partial charge in [0, 0.05) is 50.4 Å². The fourth-order valence-corrected chi connectivity index (χ4v) is 4.14. The molecule has 29 heavy (non-hydrogen) atoms. The summed E-state index contributed by atoms with van der Waals surface area (Å²) in [5, 5.41) is 10.2. The number of nitrogens with one attached hydrogen (secondary N) is 2. The molecule has 2 N–H and O–H groups in total. The fourth-order valence-electron chi connectivity index (χ4n) is 4.14. The molecule has 2 aliphatic heterocycles. The van der Waals surface area contributed by atoms with Crippen molar-refractivity contribution in [3.63, 3.8) is 0 Å². The Hall–Kier alpha value is -3.12. The van der Waals surface area contributed by atoms with E-state index < -0.39 is 0 Å². The van der Waals surface area contributed by atoms with Gasteiger partial charge in [0.15, 0.2) is 0 Å². The van der Waals surface area contributed by atoms with Crippen LogP contribution in [0.25, 0.3) is 0 Å². The molecular formula is C23H24N4O2. The van der Waals surface area contributed by atoms with Crippen molar-refractivity contribution in [1.29, 1.82) is 0 Å². The summed E-state index contributed by atoms with van der Waals surface area (Å²) in [7, 11) is 0. The van der Waals surface area contributed by atoms with E-state index in [2.05, 4.69) is 69.2 Å². The normalized spacial score (nSPS) is 15.1. The van der Waals surface area contributed by atoms with Crippen LogP contribution in [0, 0.1) is 0 Å². The van der Waals surface area contributed by atoms with Gasteiger partial charge in [-0.2, -0.15) is 0 Å². The number of nitrogens with zero attached hydrogens (tertiary/aromatic N) is 2. The van der Waals surface area contributed by atoms with Gasteiger partial charge in [-0.25, -0.2) is 0 Å². The number of hydrogen-bond donors (Lipinski definition) is 2. The molecule has 1 amide bonds. The van der Waals surface area contributed by atoms with E-state index in [0.717, 1.165) is 49.3 Å². The summed E-state index contributed by atoms with van der Waals surface area (Å²) in [6.45, 7) is 3.94.